The first-order valence-electron chi connectivity index (χ1n) is 7.38. The molecule has 0 bridgehead atoms. The summed E-state index contributed by atoms with van der Waals surface area (Å²) in [5.41, 5.74) is 3.02. The third-order valence-electron chi connectivity index (χ3n) is 3.45. The fraction of sp³-hybridized carbons (Fsp3) is 0.333. The van der Waals surface area contributed by atoms with Crippen LogP contribution < -0.4 is 15.5 Å². The van der Waals surface area contributed by atoms with E-state index in [0.717, 1.165) is 0 Å². The number of hydrogen-bond donors (Lipinski definition) is 3. The van der Waals surface area contributed by atoms with Crippen LogP contribution >= 0.6 is 0 Å². The first-order valence-corrected chi connectivity index (χ1v) is 7.38. The molecule has 0 spiro atoms. The maximum atomic E-state index is 12.3. The largest absolute Gasteiger partial charge is 0.504 e. The molecule has 0 aliphatic carbocycles. The van der Waals surface area contributed by atoms with E-state index in [1.54, 1.807) is 19.9 Å². The Hall–Kier alpha value is -3.30. The first kappa shape index (κ1) is 18.0. The van der Waals surface area contributed by atoms with E-state index in [9.17, 15) is 20.0 Å². The number of hydrogen-bond acceptors (Lipinski definition) is 8. The minimum Gasteiger partial charge on any atom is -0.504 e. The SMILES string of the molecule is CCOC(=O)C1=C(C)NC(N[N+](=O)[O-])=N[C@H]1c1ccc(O)c(OC)c1. The monoisotopic (exact) mass is 350 g/mol. The number of nitro groups is 1. The number of carbonyl (C=O) groups is 1. The second-order valence-electron chi connectivity index (χ2n) is 5.06. The normalized spacial score (nSPS) is 16.6. The molecule has 0 saturated heterocycles. The van der Waals surface area contributed by atoms with E-state index < -0.39 is 17.0 Å². The molecule has 0 fully saturated rings. The van der Waals surface area contributed by atoms with Gasteiger partial charge in [0.05, 0.1) is 19.3 Å². The topological polar surface area (TPSA) is 135 Å². The van der Waals surface area contributed by atoms with E-state index >= 15 is 0 Å². The van der Waals surface area contributed by atoms with Crippen LogP contribution in [0.15, 0.2) is 34.5 Å². The molecule has 3 N–H and O–H groups in total. The van der Waals surface area contributed by atoms with E-state index in [2.05, 4.69) is 10.3 Å². The Labute approximate surface area is 143 Å². The van der Waals surface area contributed by atoms with Gasteiger partial charge in [-0.2, -0.15) is 0 Å². The maximum Gasteiger partial charge on any atom is 0.338 e. The molecule has 1 aliphatic rings. The van der Waals surface area contributed by atoms with Crippen molar-refractivity contribution in [2.75, 3.05) is 13.7 Å². The van der Waals surface area contributed by atoms with E-state index in [0.29, 0.717) is 11.3 Å². The number of carbonyl (C=O) groups excluding carboxylic acids is 1. The lowest BCUT2D eigenvalue weighted by atomic mass is 9.96. The Balaban J connectivity index is 2.52. The minimum absolute atomic E-state index is 0.0776. The molecule has 134 valence electrons. The Morgan fingerprint density at radius 1 is 1.52 bits per heavy atom. The van der Waals surface area contributed by atoms with Crippen LogP contribution in [-0.2, 0) is 9.53 Å². The van der Waals surface area contributed by atoms with Gasteiger partial charge in [-0.15, -0.1) is 0 Å². The van der Waals surface area contributed by atoms with Gasteiger partial charge in [0.1, 0.15) is 6.04 Å². The van der Waals surface area contributed by atoms with Crippen molar-refractivity contribution in [3.05, 3.63) is 45.1 Å². The quantitative estimate of drug-likeness (QED) is 0.407. The first-order chi connectivity index (χ1) is 11.9. The lowest BCUT2D eigenvalue weighted by Gasteiger charge is -2.25. The van der Waals surface area contributed by atoms with Crippen LogP contribution in [0.25, 0.3) is 0 Å². The summed E-state index contributed by atoms with van der Waals surface area (Å²) < 4.78 is 10.1. The molecule has 0 unspecified atom stereocenters. The van der Waals surface area contributed by atoms with Crippen molar-refractivity contribution in [1.82, 2.24) is 10.7 Å². The Morgan fingerprint density at radius 3 is 2.84 bits per heavy atom. The standard InChI is InChI=1S/C15H18N4O6/c1-4-25-14(21)12-8(2)16-15(18-19(22)23)17-13(12)9-5-6-10(20)11(7-9)24-3/h5-7,13,20H,4H2,1-3H3,(H2,16,17,18)/t13-/m0/s1. The number of aliphatic imine (C=N–C) groups is 1. The van der Waals surface area contributed by atoms with Gasteiger partial charge in [0, 0.05) is 5.70 Å². The van der Waals surface area contributed by atoms with E-state index in [1.807, 2.05) is 5.43 Å². The third-order valence-corrected chi connectivity index (χ3v) is 3.45. The van der Waals surface area contributed by atoms with Gasteiger partial charge in [0.25, 0.3) is 5.96 Å². The van der Waals surface area contributed by atoms with Crippen molar-refractivity contribution in [2.24, 2.45) is 4.99 Å². The Bertz CT molecular complexity index is 758. The molecule has 0 amide bonds. The highest BCUT2D eigenvalue weighted by molar-refractivity contribution is 5.95. The van der Waals surface area contributed by atoms with Crippen LogP contribution in [0, 0.1) is 10.1 Å². The van der Waals surface area contributed by atoms with Crippen LogP contribution in [0.1, 0.15) is 25.5 Å². The number of benzene rings is 1. The molecule has 1 aromatic rings. The number of rotatable bonds is 5. The third kappa shape index (κ3) is 3.97. The van der Waals surface area contributed by atoms with Crippen molar-refractivity contribution in [3.8, 4) is 11.5 Å². The number of ether oxygens (including phenoxy) is 2. The van der Waals surface area contributed by atoms with Gasteiger partial charge in [-0.1, -0.05) is 11.5 Å². The lowest BCUT2D eigenvalue weighted by Crippen LogP contribution is -2.43. The molecule has 0 radical (unpaired) electrons. The molecule has 0 aromatic heterocycles. The second-order valence-corrected chi connectivity index (χ2v) is 5.06. The predicted molar refractivity (Wildman–Crippen MR) is 87.4 cm³/mol. The minimum atomic E-state index is -0.864. The number of guanidine groups is 1. The number of aromatic hydroxyl groups is 1. The number of allylic oxidation sites excluding steroid dienone is 1. The van der Waals surface area contributed by atoms with Crippen LogP contribution in [0.2, 0.25) is 0 Å². The van der Waals surface area contributed by atoms with Gasteiger partial charge in [-0.05, 0) is 31.5 Å². The Kier molecular flexibility index (Phi) is 5.42. The van der Waals surface area contributed by atoms with Crippen LogP contribution in [0.3, 0.4) is 0 Å². The molecule has 1 aromatic carbocycles. The molecule has 25 heavy (non-hydrogen) atoms. The van der Waals surface area contributed by atoms with Crippen LogP contribution in [0.4, 0.5) is 0 Å². The molecular formula is C15H18N4O6. The van der Waals surface area contributed by atoms with Gasteiger partial charge in [-0.25, -0.2) is 19.9 Å². The predicted octanol–water partition coefficient (Wildman–Crippen LogP) is 1.02. The number of methoxy groups -OCH3 is 1. The average molecular weight is 350 g/mol. The molecule has 0 saturated carbocycles. The second kappa shape index (κ2) is 7.51. The zero-order chi connectivity index (χ0) is 18.6. The molecule has 1 heterocycles. The van der Waals surface area contributed by atoms with Gasteiger partial charge < -0.3 is 19.9 Å². The smallest absolute Gasteiger partial charge is 0.338 e. The van der Waals surface area contributed by atoms with Crippen molar-refractivity contribution >= 4 is 11.9 Å². The van der Waals surface area contributed by atoms with Crippen LogP contribution in [0.5, 0.6) is 11.5 Å². The highest BCUT2D eigenvalue weighted by Crippen LogP contribution is 2.36. The molecular weight excluding hydrogens is 332 g/mol. The zero-order valence-electron chi connectivity index (χ0n) is 13.9. The van der Waals surface area contributed by atoms with Gasteiger partial charge in [0.2, 0.25) is 0 Å². The summed E-state index contributed by atoms with van der Waals surface area (Å²) >= 11 is 0. The van der Waals surface area contributed by atoms with Crippen molar-refractivity contribution < 1.29 is 24.4 Å². The lowest BCUT2D eigenvalue weighted by molar-refractivity contribution is -0.525. The molecule has 1 atom stereocenters. The van der Waals surface area contributed by atoms with Crippen molar-refractivity contribution in [3.63, 3.8) is 0 Å². The summed E-state index contributed by atoms with van der Waals surface area (Å²) in [6, 6.07) is 3.58. The number of nitrogens with one attached hydrogen (secondary N) is 2. The summed E-state index contributed by atoms with van der Waals surface area (Å²) in [5, 5.41) is 22.3. The summed E-state index contributed by atoms with van der Waals surface area (Å²) in [6.07, 6.45) is 0. The molecule has 2 rings (SSSR count). The highest BCUT2D eigenvalue weighted by atomic mass is 16.7. The van der Waals surface area contributed by atoms with Crippen molar-refractivity contribution in [1.29, 1.82) is 0 Å². The summed E-state index contributed by atoms with van der Waals surface area (Å²) in [7, 11) is 1.39. The summed E-state index contributed by atoms with van der Waals surface area (Å²) in [5.74, 6) is -0.594. The van der Waals surface area contributed by atoms with Gasteiger partial charge >= 0.3 is 5.97 Å². The fourth-order valence-corrected chi connectivity index (χ4v) is 2.40. The van der Waals surface area contributed by atoms with E-state index in [1.165, 1.54) is 19.2 Å². The van der Waals surface area contributed by atoms with Crippen LogP contribution in [-0.4, -0.2) is 35.8 Å². The number of hydrazine groups is 1. The highest BCUT2D eigenvalue weighted by Gasteiger charge is 2.31. The fourth-order valence-electron chi connectivity index (χ4n) is 2.40. The molecule has 10 nitrogen and oxygen atoms in total. The zero-order valence-corrected chi connectivity index (χ0v) is 13.9. The van der Waals surface area contributed by atoms with Gasteiger partial charge in [0.15, 0.2) is 16.5 Å². The maximum absolute atomic E-state index is 12.3. The average Bonchev–Trinajstić information content (AvgIpc) is 2.54. The van der Waals surface area contributed by atoms with Gasteiger partial charge in [-0.3, -0.25) is 0 Å². The number of phenolic OH excluding ortho intramolecular Hbond substituents is 1. The van der Waals surface area contributed by atoms with E-state index in [-0.39, 0.29) is 29.6 Å². The number of esters is 1. The number of nitrogens with zero attached hydrogens (tertiary/aromatic N) is 2. The summed E-state index contributed by atoms with van der Waals surface area (Å²) in [6.45, 7) is 3.43. The van der Waals surface area contributed by atoms with Crippen molar-refractivity contribution in [2.45, 2.75) is 19.9 Å². The molecule has 10 heteroatoms. The molecule has 1 aliphatic heterocycles. The summed E-state index contributed by atoms with van der Waals surface area (Å²) in [4.78, 5) is 27.2. The van der Waals surface area contributed by atoms with E-state index in [4.69, 9.17) is 9.47 Å². The number of phenols is 1. The Morgan fingerprint density at radius 2 is 2.24 bits per heavy atom.